The van der Waals surface area contributed by atoms with Crippen LogP contribution in [-0.4, -0.2) is 18.1 Å². The van der Waals surface area contributed by atoms with Gasteiger partial charge in [0.15, 0.2) is 0 Å². The third-order valence-electron chi connectivity index (χ3n) is 3.75. The zero-order valence-corrected chi connectivity index (χ0v) is 13.6. The number of pyridine rings is 1. The minimum absolute atomic E-state index is 0.421. The summed E-state index contributed by atoms with van der Waals surface area (Å²) < 4.78 is 0. The van der Waals surface area contributed by atoms with Crippen LogP contribution in [0.15, 0.2) is 53.2 Å². The summed E-state index contributed by atoms with van der Waals surface area (Å²) in [5.74, 6) is 0.949. The summed E-state index contributed by atoms with van der Waals surface area (Å²) in [6.45, 7) is 4.13. The Morgan fingerprint density at radius 3 is 2.86 bits per heavy atom. The molecule has 0 aliphatic rings. The van der Waals surface area contributed by atoms with Crippen LogP contribution in [0.3, 0.4) is 0 Å². The molecule has 114 valence electrons. The van der Waals surface area contributed by atoms with Crippen molar-refractivity contribution >= 4 is 28.1 Å². The van der Waals surface area contributed by atoms with Crippen LogP contribution in [0.5, 0.6) is 0 Å². The Labute approximate surface area is 135 Å². The van der Waals surface area contributed by atoms with Crippen LogP contribution in [0, 0.1) is 0 Å². The monoisotopic (exact) mass is 311 g/mol. The number of rotatable bonds is 7. The second-order valence-electron chi connectivity index (χ2n) is 5.40. The van der Waals surface area contributed by atoms with Gasteiger partial charge in [-0.25, -0.2) is 4.98 Å². The molecule has 0 amide bonds. The van der Waals surface area contributed by atoms with Gasteiger partial charge < -0.3 is 10.6 Å². The van der Waals surface area contributed by atoms with E-state index in [4.69, 9.17) is 0 Å². The van der Waals surface area contributed by atoms with E-state index in [0.717, 1.165) is 30.8 Å². The highest BCUT2D eigenvalue weighted by atomic mass is 32.1. The van der Waals surface area contributed by atoms with E-state index < -0.39 is 0 Å². The molecule has 0 radical (unpaired) electrons. The van der Waals surface area contributed by atoms with E-state index in [1.165, 1.54) is 10.9 Å². The van der Waals surface area contributed by atoms with Crippen molar-refractivity contribution in [1.82, 2.24) is 10.3 Å². The molecule has 1 atom stereocenters. The van der Waals surface area contributed by atoms with Crippen LogP contribution < -0.4 is 10.6 Å². The van der Waals surface area contributed by atoms with Gasteiger partial charge in [-0.15, -0.1) is 0 Å². The largest absolute Gasteiger partial charge is 0.370 e. The molecule has 1 aromatic carbocycles. The van der Waals surface area contributed by atoms with Crippen molar-refractivity contribution in [2.24, 2.45) is 0 Å². The van der Waals surface area contributed by atoms with Crippen molar-refractivity contribution in [3.8, 4) is 0 Å². The van der Waals surface area contributed by atoms with E-state index >= 15 is 0 Å². The maximum Gasteiger partial charge on any atom is 0.126 e. The van der Waals surface area contributed by atoms with Crippen LogP contribution in [-0.2, 0) is 0 Å². The molecule has 2 aromatic heterocycles. The van der Waals surface area contributed by atoms with Gasteiger partial charge in [0.05, 0.1) is 5.52 Å². The van der Waals surface area contributed by atoms with E-state index in [2.05, 4.69) is 51.5 Å². The molecule has 1 unspecified atom stereocenters. The average molecular weight is 311 g/mol. The maximum absolute atomic E-state index is 4.62. The van der Waals surface area contributed by atoms with Gasteiger partial charge in [0, 0.05) is 18.0 Å². The number of nitrogens with one attached hydrogen (secondary N) is 2. The van der Waals surface area contributed by atoms with E-state index in [1.54, 1.807) is 11.3 Å². The Kier molecular flexibility index (Phi) is 5.03. The van der Waals surface area contributed by atoms with Gasteiger partial charge in [-0.2, -0.15) is 11.3 Å². The number of fused-ring (bicyclic) bond motifs is 1. The number of nitrogens with zero attached hydrogens (tertiary/aromatic N) is 1. The van der Waals surface area contributed by atoms with Gasteiger partial charge in [-0.1, -0.05) is 18.2 Å². The Morgan fingerprint density at radius 1 is 1.09 bits per heavy atom. The topological polar surface area (TPSA) is 37.0 Å². The zero-order chi connectivity index (χ0) is 15.2. The van der Waals surface area contributed by atoms with Crippen molar-refractivity contribution in [1.29, 1.82) is 0 Å². The lowest BCUT2D eigenvalue weighted by molar-refractivity contribution is 0.566. The first-order valence-electron chi connectivity index (χ1n) is 7.68. The molecule has 22 heavy (non-hydrogen) atoms. The first-order chi connectivity index (χ1) is 10.8. The summed E-state index contributed by atoms with van der Waals surface area (Å²) in [5.41, 5.74) is 2.41. The van der Waals surface area contributed by atoms with E-state index in [9.17, 15) is 0 Å². The molecule has 0 fully saturated rings. The normalized spacial score (nSPS) is 12.4. The van der Waals surface area contributed by atoms with Gasteiger partial charge >= 0.3 is 0 Å². The third kappa shape index (κ3) is 3.84. The number of thiophene rings is 1. The molecular weight excluding hydrogens is 290 g/mol. The Bertz CT molecular complexity index is 709. The smallest absolute Gasteiger partial charge is 0.126 e. The molecule has 2 heterocycles. The lowest BCUT2D eigenvalue weighted by Gasteiger charge is -2.12. The Hall–Kier alpha value is -1.91. The van der Waals surface area contributed by atoms with Gasteiger partial charge in [-0.3, -0.25) is 0 Å². The molecular formula is C18H21N3S. The summed E-state index contributed by atoms with van der Waals surface area (Å²) in [4.78, 5) is 4.62. The van der Waals surface area contributed by atoms with E-state index in [1.807, 2.05) is 24.3 Å². The summed E-state index contributed by atoms with van der Waals surface area (Å²) >= 11 is 1.75. The fourth-order valence-corrected chi connectivity index (χ4v) is 3.18. The lowest BCUT2D eigenvalue weighted by Crippen LogP contribution is -2.21. The molecule has 0 saturated carbocycles. The molecule has 0 bridgehead atoms. The van der Waals surface area contributed by atoms with Crippen LogP contribution in [0.25, 0.3) is 10.9 Å². The first kappa shape index (κ1) is 15.0. The maximum atomic E-state index is 4.62. The van der Waals surface area contributed by atoms with Gasteiger partial charge in [0.2, 0.25) is 0 Å². The van der Waals surface area contributed by atoms with Crippen molar-refractivity contribution in [3.05, 3.63) is 58.8 Å². The molecule has 3 aromatic rings. The van der Waals surface area contributed by atoms with E-state index in [0.29, 0.717) is 6.04 Å². The Morgan fingerprint density at radius 2 is 2.00 bits per heavy atom. The number of hydrogen-bond donors (Lipinski definition) is 2. The molecule has 4 heteroatoms. The van der Waals surface area contributed by atoms with Gasteiger partial charge in [0.25, 0.3) is 0 Å². The third-order valence-corrected chi connectivity index (χ3v) is 4.45. The highest BCUT2D eigenvalue weighted by molar-refractivity contribution is 7.07. The summed E-state index contributed by atoms with van der Waals surface area (Å²) in [7, 11) is 0. The van der Waals surface area contributed by atoms with E-state index in [-0.39, 0.29) is 0 Å². The number of aromatic nitrogens is 1. The molecule has 0 saturated heterocycles. The van der Waals surface area contributed by atoms with Crippen LogP contribution >= 0.6 is 11.3 Å². The number of anilines is 1. The molecule has 2 N–H and O–H groups in total. The predicted octanol–water partition coefficient (Wildman–Crippen LogP) is 4.45. The highest BCUT2D eigenvalue weighted by Gasteiger charge is 2.03. The average Bonchev–Trinajstić information content (AvgIpc) is 3.09. The molecule has 0 aliphatic carbocycles. The minimum Gasteiger partial charge on any atom is -0.370 e. The van der Waals surface area contributed by atoms with Crippen molar-refractivity contribution in [3.63, 3.8) is 0 Å². The molecule has 3 nitrogen and oxygen atoms in total. The highest BCUT2D eigenvalue weighted by Crippen LogP contribution is 2.16. The SMILES string of the molecule is CC(NCCCNc1ccc2ccccc2n1)c1ccsc1. The summed E-state index contributed by atoms with van der Waals surface area (Å²) in [6, 6.07) is 15.0. The van der Waals surface area contributed by atoms with Crippen LogP contribution in [0.4, 0.5) is 5.82 Å². The van der Waals surface area contributed by atoms with Crippen molar-refractivity contribution in [2.75, 3.05) is 18.4 Å². The summed E-state index contributed by atoms with van der Waals surface area (Å²) in [5, 5.41) is 12.5. The fourth-order valence-electron chi connectivity index (χ4n) is 2.43. The zero-order valence-electron chi connectivity index (χ0n) is 12.8. The lowest BCUT2D eigenvalue weighted by atomic mass is 10.2. The number of hydrogen-bond acceptors (Lipinski definition) is 4. The standard InChI is InChI=1S/C18H21N3S/c1-14(16-9-12-22-13-16)19-10-4-11-20-18-8-7-15-5-2-3-6-17(15)21-18/h2-3,5-9,12-14,19H,4,10-11H2,1H3,(H,20,21). The summed E-state index contributed by atoms with van der Waals surface area (Å²) in [6.07, 6.45) is 1.07. The minimum atomic E-state index is 0.421. The van der Waals surface area contributed by atoms with Crippen LogP contribution in [0.1, 0.15) is 24.9 Å². The quantitative estimate of drug-likeness (QED) is 0.633. The van der Waals surface area contributed by atoms with Crippen molar-refractivity contribution in [2.45, 2.75) is 19.4 Å². The molecule has 0 aliphatic heterocycles. The van der Waals surface area contributed by atoms with Crippen LogP contribution in [0.2, 0.25) is 0 Å². The molecule has 3 rings (SSSR count). The van der Waals surface area contributed by atoms with Gasteiger partial charge in [-0.05, 0) is 60.5 Å². The van der Waals surface area contributed by atoms with Crippen molar-refractivity contribution < 1.29 is 0 Å². The second kappa shape index (κ2) is 7.38. The second-order valence-corrected chi connectivity index (χ2v) is 6.18. The van der Waals surface area contributed by atoms with Gasteiger partial charge in [0.1, 0.15) is 5.82 Å². The Balaban J connectivity index is 1.42. The number of para-hydroxylation sites is 1. The number of benzene rings is 1. The first-order valence-corrected chi connectivity index (χ1v) is 8.62. The predicted molar refractivity (Wildman–Crippen MR) is 95.6 cm³/mol. The molecule has 0 spiro atoms. The fraction of sp³-hybridized carbons (Fsp3) is 0.278.